The molecule has 0 unspecified atom stereocenters. The van der Waals surface area contributed by atoms with Crippen LogP contribution in [0.4, 0.5) is 0 Å². The monoisotopic (exact) mass is 154 g/mol. The van der Waals surface area contributed by atoms with Crippen molar-refractivity contribution in [2.45, 2.75) is 26.2 Å². The SMILES string of the molecule is CCc1ncoc1CCCN. The van der Waals surface area contributed by atoms with Gasteiger partial charge < -0.3 is 10.2 Å². The molecule has 1 aromatic rings. The molecule has 0 spiro atoms. The smallest absolute Gasteiger partial charge is 0.181 e. The molecule has 0 saturated carbocycles. The number of aryl methyl sites for hydroxylation is 2. The molecule has 0 radical (unpaired) electrons. The molecule has 0 bridgehead atoms. The third kappa shape index (κ3) is 2.05. The van der Waals surface area contributed by atoms with Crippen molar-refractivity contribution in [3.05, 3.63) is 17.8 Å². The minimum atomic E-state index is 0.712. The Bertz CT molecular complexity index is 208. The summed E-state index contributed by atoms with van der Waals surface area (Å²) in [6.07, 6.45) is 4.34. The lowest BCUT2D eigenvalue weighted by Gasteiger charge is -1.95. The number of hydrogen-bond acceptors (Lipinski definition) is 3. The van der Waals surface area contributed by atoms with E-state index in [-0.39, 0.29) is 0 Å². The van der Waals surface area contributed by atoms with Crippen LogP contribution >= 0.6 is 0 Å². The van der Waals surface area contributed by atoms with Crippen molar-refractivity contribution in [3.8, 4) is 0 Å². The van der Waals surface area contributed by atoms with Crippen LogP contribution in [0.2, 0.25) is 0 Å². The minimum Gasteiger partial charge on any atom is -0.448 e. The first-order valence-corrected chi connectivity index (χ1v) is 3.99. The molecule has 3 nitrogen and oxygen atoms in total. The van der Waals surface area contributed by atoms with E-state index in [1.807, 2.05) is 0 Å². The second-order valence-electron chi connectivity index (χ2n) is 2.47. The molecule has 62 valence electrons. The maximum absolute atomic E-state index is 5.37. The van der Waals surface area contributed by atoms with Crippen molar-refractivity contribution in [2.24, 2.45) is 5.73 Å². The lowest BCUT2D eigenvalue weighted by Crippen LogP contribution is -2.01. The summed E-state index contributed by atoms with van der Waals surface area (Å²) in [6, 6.07) is 0. The second-order valence-corrected chi connectivity index (χ2v) is 2.47. The summed E-state index contributed by atoms with van der Waals surface area (Å²) in [4.78, 5) is 4.08. The Labute approximate surface area is 66.6 Å². The first kappa shape index (κ1) is 8.27. The van der Waals surface area contributed by atoms with Crippen LogP contribution in [-0.4, -0.2) is 11.5 Å². The second kappa shape index (κ2) is 4.13. The summed E-state index contributed by atoms with van der Waals surface area (Å²) >= 11 is 0. The van der Waals surface area contributed by atoms with E-state index in [1.165, 1.54) is 6.39 Å². The first-order chi connectivity index (χ1) is 5.38. The highest BCUT2D eigenvalue weighted by atomic mass is 16.3. The van der Waals surface area contributed by atoms with Crippen molar-refractivity contribution in [3.63, 3.8) is 0 Å². The van der Waals surface area contributed by atoms with Crippen LogP contribution in [0.25, 0.3) is 0 Å². The van der Waals surface area contributed by atoms with Crippen LogP contribution < -0.4 is 5.73 Å². The number of hydrogen-bond donors (Lipinski definition) is 1. The number of nitrogens with zero attached hydrogens (tertiary/aromatic N) is 1. The Morgan fingerprint density at radius 1 is 1.64 bits per heavy atom. The number of oxazole rings is 1. The van der Waals surface area contributed by atoms with Gasteiger partial charge in [-0.25, -0.2) is 4.98 Å². The molecule has 0 aliphatic carbocycles. The Kier molecular flexibility index (Phi) is 3.11. The number of aromatic nitrogens is 1. The van der Waals surface area contributed by atoms with E-state index in [9.17, 15) is 0 Å². The van der Waals surface area contributed by atoms with Crippen LogP contribution in [0.1, 0.15) is 24.8 Å². The van der Waals surface area contributed by atoms with E-state index in [2.05, 4.69) is 11.9 Å². The van der Waals surface area contributed by atoms with Crippen molar-refractivity contribution < 1.29 is 4.42 Å². The van der Waals surface area contributed by atoms with Gasteiger partial charge in [0.25, 0.3) is 0 Å². The average molecular weight is 154 g/mol. The van der Waals surface area contributed by atoms with Gasteiger partial charge in [0.1, 0.15) is 5.76 Å². The molecule has 1 aromatic heterocycles. The van der Waals surface area contributed by atoms with E-state index < -0.39 is 0 Å². The van der Waals surface area contributed by atoms with Gasteiger partial charge in [-0.15, -0.1) is 0 Å². The zero-order valence-corrected chi connectivity index (χ0v) is 6.84. The van der Waals surface area contributed by atoms with Gasteiger partial charge in [0, 0.05) is 6.42 Å². The van der Waals surface area contributed by atoms with Crippen molar-refractivity contribution in [1.82, 2.24) is 4.98 Å². The van der Waals surface area contributed by atoms with Crippen LogP contribution in [0.3, 0.4) is 0 Å². The summed E-state index contributed by atoms with van der Waals surface area (Å²) in [6.45, 7) is 2.79. The first-order valence-electron chi connectivity index (χ1n) is 3.99. The Morgan fingerprint density at radius 2 is 2.45 bits per heavy atom. The van der Waals surface area contributed by atoms with Gasteiger partial charge in [-0.1, -0.05) is 6.92 Å². The van der Waals surface area contributed by atoms with E-state index in [0.717, 1.165) is 30.7 Å². The Hall–Kier alpha value is -0.830. The molecule has 0 fully saturated rings. The molecule has 3 heteroatoms. The highest BCUT2D eigenvalue weighted by molar-refractivity contribution is 5.06. The van der Waals surface area contributed by atoms with Crippen LogP contribution in [0.5, 0.6) is 0 Å². The normalized spacial score (nSPS) is 10.4. The van der Waals surface area contributed by atoms with Crippen molar-refractivity contribution in [2.75, 3.05) is 6.54 Å². The maximum atomic E-state index is 5.37. The summed E-state index contributed by atoms with van der Waals surface area (Å²) in [5, 5.41) is 0. The molecular formula is C8H14N2O. The standard InChI is InChI=1S/C8H14N2O/c1-2-7-8(4-3-5-9)11-6-10-7/h6H,2-5,9H2,1H3. The summed E-state index contributed by atoms with van der Waals surface area (Å²) in [5.41, 5.74) is 6.44. The largest absolute Gasteiger partial charge is 0.448 e. The molecule has 0 amide bonds. The summed E-state index contributed by atoms with van der Waals surface area (Å²) in [7, 11) is 0. The van der Waals surface area contributed by atoms with Crippen LogP contribution in [0.15, 0.2) is 10.8 Å². The van der Waals surface area contributed by atoms with E-state index in [1.54, 1.807) is 0 Å². The topological polar surface area (TPSA) is 52.0 Å². The molecule has 0 aromatic carbocycles. The third-order valence-corrected chi connectivity index (χ3v) is 1.67. The molecule has 0 aliphatic rings. The average Bonchev–Trinajstić information content (AvgIpc) is 2.47. The zero-order chi connectivity index (χ0) is 8.10. The van der Waals surface area contributed by atoms with Gasteiger partial charge in [-0.3, -0.25) is 0 Å². The highest BCUT2D eigenvalue weighted by Crippen LogP contribution is 2.08. The zero-order valence-electron chi connectivity index (χ0n) is 6.84. The Balaban J connectivity index is 2.54. The van der Waals surface area contributed by atoms with Crippen LogP contribution in [0, 0.1) is 0 Å². The van der Waals surface area contributed by atoms with Gasteiger partial charge in [-0.05, 0) is 19.4 Å². The molecule has 11 heavy (non-hydrogen) atoms. The number of rotatable bonds is 4. The van der Waals surface area contributed by atoms with Gasteiger partial charge >= 0.3 is 0 Å². The van der Waals surface area contributed by atoms with E-state index >= 15 is 0 Å². The van der Waals surface area contributed by atoms with Crippen LogP contribution in [-0.2, 0) is 12.8 Å². The fraction of sp³-hybridized carbons (Fsp3) is 0.625. The van der Waals surface area contributed by atoms with Crippen molar-refractivity contribution >= 4 is 0 Å². The molecule has 2 N–H and O–H groups in total. The predicted octanol–water partition coefficient (Wildman–Crippen LogP) is 1.13. The molecule has 0 saturated heterocycles. The van der Waals surface area contributed by atoms with Gasteiger partial charge in [-0.2, -0.15) is 0 Å². The maximum Gasteiger partial charge on any atom is 0.181 e. The third-order valence-electron chi connectivity index (χ3n) is 1.67. The molecule has 0 aliphatic heterocycles. The van der Waals surface area contributed by atoms with Crippen molar-refractivity contribution in [1.29, 1.82) is 0 Å². The van der Waals surface area contributed by atoms with E-state index in [0.29, 0.717) is 6.54 Å². The predicted molar refractivity (Wildman–Crippen MR) is 43.3 cm³/mol. The highest BCUT2D eigenvalue weighted by Gasteiger charge is 2.03. The molecule has 1 heterocycles. The summed E-state index contributed by atoms with van der Waals surface area (Å²) < 4.78 is 5.19. The Morgan fingerprint density at radius 3 is 3.09 bits per heavy atom. The molecular weight excluding hydrogens is 140 g/mol. The minimum absolute atomic E-state index is 0.712. The quantitative estimate of drug-likeness (QED) is 0.707. The lowest BCUT2D eigenvalue weighted by molar-refractivity contribution is 0.495. The summed E-state index contributed by atoms with van der Waals surface area (Å²) in [5.74, 6) is 0.998. The fourth-order valence-corrected chi connectivity index (χ4v) is 1.05. The van der Waals surface area contributed by atoms with Gasteiger partial charge in [0.15, 0.2) is 6.39 Å². The van der Waals surface area contributed by atoms with Gasteiger partial charge in [0.2, 0.25) is 0 Å². The van der Waals surface area contributed by atoms with Gasteiger partial charge in [0.05, 0.1) is 5.69 Å². The lowest BCUT2D eigenvalue weighted by atomic mass is 10.2. The number of nitrogens with two attached hydrogens (primary N) is 1. The fourth-order valence-electron chi connectivity index (χ4n) is 1.05. The molecule has 1 rings (SSSR count). The van der Waals surface area contributed by atoms with E-state index in [4.69, 9.17) is 10.2 Å². The molecule has 0 atom stereocenters.